The molecule has 1 aromatic carbocycles. The number of hydrogen-bond donors (Lipinski definition) is 1. The van der Waals surface area contributed by atoms with E-state index in [2.05, 4.69) is 6.92 Å². The van der Waals surface area contributed by atoms with Crippen LogP contribution < -0.4 is 4.74 Å². The minimum absolute atomic E-state index is 0.321. The number of rotatable bonds is 3. The van der Waals surface area contributed by atoms with Crippen molar-refractivity contribution >= 4 is 0 Å². The molecule has 0 saturated heterocycles. The highest BCUT2D eigenvalue weighted by Gasteiger charge is 2.21. The topological polar surface area (TPSA) is 29.5 Å². The van der Waals surface area contributed by atoms with E-state index >= 15 is 0 Å². The number of ether oxygens (including phenoxy) is 1. The van der Waals surface area contributed by atoms with E-state index in [0.717, 1.165) is 35.6 Å². The van der Waals surface area contributed by atoms with Gasteiger partial charge in [-0.3, -0.25) is 0 Å². The van der Waals surface area contributed by atoms with E-state index in [4.69, 9.17) is 4.74 Å². The molecule has 1 aromatic rings. The number of hydrogen-bond acceptors (Lipinski definition) is 2. The molecular formula is C16H24O2. The van der Waals surface area contributed by atoms with Crippen LogP contribution >= 0.6 is 0 Å². The molecule has 0 amide bonds. The molecule has 0 heterocycles. The van der Waals surface area contributed by atoms with E-state index in [0.29, 0.717) is 6.10 Å². The molecule has 0 bridgehead atoms. The summed E-state index contributed by atoms with van der Waals surface area (Å²) in [4.78, 5) is 0. The van der Waals surface area contributed by atoms with Crippen LogP contribution in [0.5, 0.6) is 5.75 Å². The summed E-state index contributed by atoms with van der Waals surface area (Å²) in [5.41, 5.74) is 2.07. The smallest absolute Gasteiger partial charge is 0.125 e. The third-order valence-electron chi connectivity index (χ3n) is 3.87. The van der Waals surface area contributed by atoms with Gasteiger partial charge < -0.3 is 9.84 Å². The van der Waals surface area contributed by atoms with Crippen molar-refractivity contribution < 1.29 is 9.84 Å². The maximum absolute atomic E-state index is 9.82. The average molecular weight is 248 g/mol. The molecule has 0 radical (unpaired) electrons. The van der Waals surface area contributed by atoms with Crippen molar-refractivity contribution in [1.29, 1.82) is 0 Å². The highest BCUT2D eigenvalue weighted by Crippen LogP contribution is 2.31. The Morgan fingerprint density at radius 3 is 2.50 bits per heavy atom. The second-order valence-corrected chi connectivity index (χ2v) is 5.72. The van der Waals surface area contributed by atoms with Crippen molar-refractivity contribution in [3.8, 4) is 5.75 Å². The van der Waals surface area contributed by atoms with Gasteiger partial charge in [0, 0.05) is 5.56 Å². The Balaban J connectivity index is 2.09. The van der Waals surface area contributed by atoms with Crippen LogP contribution in [0.25, 0.3) is 0 Å². The van der Waals surface area contributed by atoms with E-state index in [9.17, 15) is 5.11 Å². The number of aliphatic hydroxyl groups is 1. The van der Waals surface area contributed by atoms with Gasteiger partial charge in [0.15, 0.2) is 0 Å². The molecule has 0 aliphatic heterocycles. The van der Waals surface area contributed by atoms with Crippen LogP contribution in [-0.4, -0.2) is 11.2 Å². The average Bonchev–Trinajstić information content (AvgIpc) is 2.34. The Morgan fingerprint density at radius 1 is 1.22 bits per heavy atom. The first kappa shape index (κ1) is 13.4. The lowest BCUT2D eigenvalue weighted by molar-refractivity contribution is 0.126. The van der Waals surface area contributed by atoms with Crippen molar-refractivity contribution in [2.24, 2.45) is 5.92 Å². The van der Waals surface area contributed by atoms with Crippen molar-refractivity contribution in [2.45, 2.75) is 58.7 Å². The van der Waals surface area contributed by atoms with E-state index < -0.39 is 6.10 Å². The Morgan fingerprint density at radius 2 is 1.89 bits per heavy atom. The van der Waals surface area contributed by atoms with E-state index in [-0.39, 0.29) is 0 Å². The third kappa shape index (κ3) is 3.26. The first-order valence-corrected chi connectivity index (χ1v) is 7.01. The van der Waals surface area contributed by atoms with Gasteiger partial charge in [0.2, 0.25) is 0 Å². The summed E-state index contributed by atoms with van der Waals surface area (Å²) >= 11 is 0. The predicted octanol–water partition coefficient (Wildman–Crippen LogP) is 4.01. The quantitative estimate of drug-likeness (QED) is 0.876. The van der Waals surface area contributed by atoms with Gasteiger partial charge in [-0.1, -0.05) is 18.6 Å². The fourth-order valence-corrected chi connectivity index (χ4v) is 2.63. The maximum atomic E-state index is 9.82. The van der Waals surface area contributed by atoms with E-state index in [1.54, 1.807) is 6.92 Å². The van der Waals surface area contributed by atoms with Crippen molar-refractivity contribution in [3.05, 3.63) is 29.3 Å². The maximum Gasteiger partial charge on any atom is 0.125 e. The summed E-state index contributed by atoms with van der Waals surface area (Å²) in [6.07, 6.45) is 4.62. The summed E-state index contributed by atoms with van der Waals surface area (Å²) < 4.78 is 6.09. The molecule has 1 N–H and O–H groups in total. The molecule has 1 fully saturated rings. The molecular weight excluding hydrogens is 224 g/mol. The SMILES string of the molecule is Cc1ccc(OC2CCC(C)CC2)c(C(C)O)c1. The zero-order valence-electron chi connectivity index (χ0n) is 11.6. The molecule has 0 spiro atoms. The van der Waals surface area contributed by atoms with Crippen molar-refractivity contribution in [1.82, 2.24) is 0 Å². The van der Waals surface area contributed by atoms with E-state index in [1.807, 2.05) is 25.1 Å². The van der Waals surface area contributed by atoms with Crippen LogP contribution in [0.1, 0.15) is 56.8 Å². The van der Waals surface area contributed by atoms with Gasteiger partial charge in [0.25, 0.3) is 0 Å². The zero-order valence-corrected chi connectivity index (χ0v) is 11.6. The number of benzene rings is 1. The van der Waals surface area contributed by atoms with E-state index in [1.165, 1.54) is 12.8 Å². The second kappa shape index (κ2) is 5.75. The highest BCUT2D eigenvalue weighted by molar-refractivity contribution is 5.38. The van der Waals surface area contributed by atoms with Gasteiger partial charge in [-0.2, -0.15) is 0 Å². The summed E-state index contributed by atoms with van der Waals surface area (Å²) in [6, 6.07) is 6.06. The lowest BCUT2D eigenvalue weighted by Gasteiger charge is -2.28. The summed E-state index contributed by atoms with van der Waals surface area (Å²) in [7, 11) is 0. The van der Waals surface area contributed by atoms with Gasteiger partial charge in [0.05, 0.1) is 12.2 Å². The van der Waals surface area contributed by atoms with Crippen LogP contribution in [0.2, 0.25) is 0 Å². The summed E-state index contributed by atoms with van der Waals surface area (Å²) in [5, 5.41) is 9.82. The standard InChI is InChI=1S/C16H24O2/c1-11-4-7-14(8-5-11)18-16-9-6-12(2)10-15(16)13(3)17/h6,9-11,13-14,17H,4-5,7-8H2,1-3H3. The van der Waals surface area contributed by atoms with Gasteiger partial charge in [-0.05, 0) is 57.6 Å². The van der Waals surface area contributed by atoms with Gasteiger partial charge in [0.1, 0.15) is 5.75 Å². The van der Waals surface area contributed by atoms with Crippen LogP contribution in [0.15, 0.2) is 18.2 Å². The molecule has 100 valence electrons. The fourth-order valence-electron chi connectivity index (χ4n) is 2.63. The Bertz CT molecular complexity index is 390. The molecule has 1 atom stereocenters. The first-order valence-electron chi connectivity index (χ1n) is 7.01. The van der Waals surface area contributed by atoms with Crippen LogP contribution in [0.3, 0.4) is 0 Å². The molecule has 2 rings (SSSR count). The van der Waals surface area contributed by atoms with Gasteiger partial charge in [-0.15, -0.1) is 0 Å². The molecule has 1 aliphatic rings. The van der Waals surface area contributed by atoms with Crippen LogP contribution in [0.4, 0.5) is 0 Å². The first-order chi connectivity index (χ1) is 8.56. The largest absolute Gasteiger partial charge is 0.490 e. The minimum Gasteiger partial charge on any atom is -0.490 e. The molecule has 2 nitrogen and oxygen atoms in total. The molecule has 1 unspecified atom stereocenters. The zero-order chi connectivity index (χ0) is 13.1. The lowest BCUT2D eigenvalue weighted by atomic mass is 9.89. The normalized spacial score (nSPS) is 25.8. The van der Waals surface area contributed by atoms with Crippen molar-refractivity contribution in [3.63, 3.8) is 0 Å². The number of aryl methyl sites for hydroxylation is 1. The van der Waals surface area contributed by atoms with Crippen molar-refractivity contribution in [2.75, 3.05) is 0 Å². The van der Waals surface area contributed by atoms with Gasteiger partial charge in [-0.25, -0.2) is 0 Å². The summed E-state index contributed by atoms with van der Waals surface area (Å²) in [6.45, 7) is 6.14. The predicted molar refractivity (Wildman–Crippen MR) is 73.9 cm³/mol. The molecule has 2 heteroatoms. The fraction of sp³-hybridized carbons (Fsp3) is 0.625. The monoisotopic (exact) mass is 248 g/mol. The summed E-state index contributed by atoms with van der Waals surface area (Å²) in [5.74, 6) is 1.69. The van der Waals surface area contributed by atoms with Gasteiger partial charge >= 0.3 is 0 Å². The Hall–Kier alpha value is -1.02. The molecule has 18 heavy (non-hydrogen) atoms. The third-order valence-corrected chi connectivity index (χ3v) is 3.87. The lowest BCUT2D eigenvalue weighted by Crippen LogP contribution is -2.23. The molecule has 1 aliphatic carbocycles. The number of aliphatic hydroxyl groups excluding tert-OH is 1. The van der Waals surface area contributed by atoms with Crippen LogP contribution in [0, 0.1) is 12.8 Å². The molecule has 0 aromatic heterocycles. The minimum atomic E-state index is -0.470. The highest BCUT2D eigenvalue weighted by atomic mass is 16.5. The molecule has 1 saturated carbocycles. The Kier molecular flexibility index (Phi) is 4.28. The van der Waals surface area contributed by atoms with Crippen LogP contribution in [-0.2, 0) is 0 Å². The Labute approximate surface area is 110 Å². The second-order valence-electron chi connectivity index (χ2n) is 5.72.